The van der Waals surface area contributed by atoms with Crippen LogP contribution in [0.5, 0.6) is 5.75 Å². The van der Waals surface area contributed by atoms with Crippen molar-refractivity contribution in [3.05, 3.63) is 101 Å². The summed E-state index contributed by atoms with van der Waals surface area (Å²) in [6, 6.07) is 30.1. The van der Waals surface area contributed by atoms with Gasteiger partial charge >= 0.3 is 0 Å². The molecule has 1 atom stereocenters. The Bertz CT molecular complexity index is 1690. The Labute approximate surface area is 279 Å². The molecule has 7 nitrogen and oxygen atoms in total. The third kappa shape index (κ3) is 7.75. The molecule has 2 amide bonds. The number of piperidine rings is 1. The first-order chi connectivity index (χ1) is 22.3. The van der Waals surface area contributed by atoms with Gasteiger partial charge in [-0.05, 0) is 110 Å². The van der Waals surface area contributed by atoms with E-state index in [9.17, 15) is 9.59 Å². The Balaban J connectivity index is 1.07. The molecule has 0 bridgehead atoms. The molecule has 3 aromatic carbocycles. The fraction of sp³-hybridized carbons (Fsp3) is 0.324. The molecule has 9 heteroatoms. The van der Waals surface area contributed by atoms with Gasteiger partial charge in [-0.1, -0.05) is 36.4 Å². The number of benzene rings is 3. The molecule has 2 heterocycles. The molecular formula is C37H38N4O3S2. The van der Waals surface area contributed by atoms with Crippen LogP contribution in [0.2, 0.25) is 0 Å². The fourth-order valence-electron chi connectivity index (χ4n) is 5.75. The van der Waals surface area contributed by atoms with Crippen molar-refractivity contribution in [3.63, 3.8) is 0 Å². The van der Waals surface area contributed by atoms with E-state index in [1.165, 1.54) is 28.0 Å². The minimum absolute atomic E-state index is 0.0641. The molecule has 4 aromatic rings. The van der Waals surface area contributed by atoms with Gasteiger partial charge in [-0.25, -0.2) is 0 Å². The lowest BCUT2D eigenvalue weighted by molar-refractivity contribution is -0.137. The van der Waals surface area contributed by atoms with E-state index in [2.05, 4.69) is 62.4 Å². The highest BCUT2D eigenvalue weighted by Crippen LogP contribution is 2.34. The summed E-state index contributed by atoms with van der Waals surface area (Å²) >= 11 is 2.93. The summed E-state index contributed by atoms with van der Waals surface area (Å²) in [6.07, 6.45) is 3.97. The van der Waals surface area contributed by atoms with E-state index in [1.54, 1.807) is 49.4 Å². The zero-order chi connectivity index (χ0) is 32.1. The number of carbonyl (C=O) groups is 2. The lowest BCUT2D eigenvalue weighted by Gasteiger charge is -2.36. The first-order valence-electron chi connectivity index (χ1n) is 15.7. The third-order valence-electron chi connectivity index (χ3n) is 8.50. The highest BCUT2D eigenvalue weighted by molar-refractivity contribution is 7.98. The number of nitrogens with one attached hydrogen (secondary N) is 1. The maximum Gasteiger partial charge on any atom is 0.273 e. The van der Waals surface area contributed by atoms with Crippen molar-refractivity contribution >= 4 is 40.8 Å². The Morgan fingerprint density at radius 3 is 2.52 bits per heavy atom. The van der Waals surface area contributed by atoms with Crippen LogP contribution in [0.1, 0.15) is 50.7 Å². The Morgan fingerprint density at radius 1 is 1.04 bits per heavy atom. The topological polar surface area (TPSA) is 85.7 Å². The molecule has 0 radical (unpaired) electrons. The molecule has 46 heavy (non-hydrogen) atoms. The van der Waals surface area contributed by atoms with Gasteiger partial charge in [-0.2, -0.15) is 5.26 Å². The second-order valence-electron chi connectivity index (χ2n) is 12.4. The summed E-state index contributed by atoms with van der Waals surface area (Å²) in [5.74, 6) is 0.516. The summed E-state index contributed by atoms with van der Waals surface area (Å²) in [4.78, 5) is 33.5. The normalized spacial score (nSPS) is 16.4. The number of thiophene rings is 1. The molecule has 1 saturated carbocycles. The number of rotatable bonds is 11. The molecule has 1 saturated heterocycles. The van der Waals surface area contributed by atoms with Crippen molar-refractivity contribution in [2.45, 2.75) is 62.6 Å². The van der Waals surface area contributed by atoms with Gasteiger partial charge in [-0.15, -0.1) is 11.3 Å². The van der Waals surface area contributed by atoms with E-state index in [0.29, 0.717) is 30.4 Å². The molecule has 236 valence electrons. The zero-order valence-corrected chi connectivity index (χ0v) is 27.8. The van der Waals surface area contributed by atoms with E-state index in [1.807, 2.05) is 24.3 Å². The van der Waals surface area contributed by atoms with E-state index in [0.717, 1.165) is 42.8 Å². The predicted molar refractivity (Wildman–Crippen MR) is 185 cm³/mol. The molecule has 1 aliphatic heterocycles. The number of hydrogen-bond acceptors (Lipinski definition) is 7. The SMILES string of the molecule is CC(C)(Oc1cccc(N2CCCC(C(=O)N(Cc3ccc(-c4cccs4)cc3)C3CC3)C2)c1)C(=O)NSc1ccc(C#N)cc1. The number of hydrogen-bond donors (Lipinski definition) is 1. The van der Waals surface area contributed by atoms with Gasteiger partial charge in [0.25, 0.3) is 5.91 Å². The molecular weight excluding hydrogens is 613 g/mol. The monoisotopic (exact) mass is 650 g/mol. The predicted octanol–water partition coefficient (Wildman–Crippen LogP) is 7.68. The molecule has 2 fully saturated rings. The first-order valence-corrected chi connectivity index (χ1v) is 17.4. The average Bonchev–Trinajstić information content (AvgIpc) is 3.78. The molecule has 1 unspecified atom stereocenters. The van der Waals surface area contributed by atoms with Gasteiger partial charge in [0, 0.05) is 47.2 Å². The number of carbonyl (C=O) groups excluding carboxylic acids is 2. The number of amides is 2. The molecule has 2 aliphatic rings. The van der Waals surface area contributed by atoms with Crippen LogP contribution in [0, 0.1) is 17.2 Å². The van der Waals surface area contributed by atoms with Crippen molar-refractivity contribution < 1.29 is 14.3 Å². The second kappa shape index (κ2) is 14.0. The van der Waals surface area contributed by atoms with Crippen molar-refractivity contribution in [3.8, 4) is 22.3 Å². The Morgan fingerprint density at radius 2 is 1.83 bits per heavy atom. The van der Waals surface area contributed by atoms with Crippen molar-refractivity contribution in [2.75, 3.05) is 18.0 Å². The van der Waals surface area contributed by atoms with Crippen LogP contribution in [0.3, 0.4) is 0 Å². The van der Waals surface area contributed by atoms with Crippen LogP contribution in [-0.2, 0) is 16.1 Å². The van der Waals surface area contributed by atoms with Crippen LogP contribution in [-0.4, -0.2) is 41.4 Å². The van der Waals surface area contributed by atoms with Crippen LogP contribution in [0.25, 0.3) is 10.4 Å². The number of nitrogens with zero attached hydrogens (tertiary/aromatic N) is 3. The van der Waals surface area contributed by atoms with Crippen molar-refractivity contribution in [2.24, 2.45) is 5.92 Å². The maximum atomic E-state index is 14.0. The van der Waals surface area contributed by atoms with Gasteiger partial charge in [0.2, 0.25) is 5.91 Å². The van der Waals surface area contributed by atoms with Crippen molar-refractivity contribution in [1.82, 2.24) is 9.62 Å². The molecule has 1 aliphatic carbocycles. The molecule has 0 spiro atoms. The van der Waals surface area contributed by atoms with Crippen LogP contribution >= 0.6 is 23.3 Å². The van der Waals surface area contributed by atoms with Gasteiger partial charge in [0.15, 0.2) is 5.60 Å². The minimum atomic E-state index is -1.12. The standard InChI is InChI=1S/C37H38N4O3S2/c1-37(2,36(43)39-46-33-18-12-26(23-38)13-19-33)44-32-8-3-7-31(22-32)40-20-4-6-29(25-40)35(42)41(30-16-17-30)24-27-10-14-28(15-11-27)34-9-5-21-45-34/h3,5,7-15,18-19,21-22,29-30H,4,6,16-17,20,24-25H2,1-2H3,(H,39,43). The molecule has 1 N–H and O–H groups in total. The average molecular weight is 651 g/mol. The Hall–Kier alpha value is -4.26. The largest absolute Gasteiger partial charge is 0.478 e. The summed E-state index contributed by atoms with van der Waals surface area (Å²) in [5.41, 5.74) is 2.81. The minimum Gasteiger partial charge on any atom is -0.478 e. The quantitative estimate of drug-likeness (QED) is 0.168. The van der Waals surface area contributed by atoms with Gasteiger partial charge < -0.3 is 14.5 Å². The summed E-state index contributed by atoms with van der Waals surface area (Å²) in [7, 11) is 0. The first kappa shape index (κ1) is 31.7. The second-order valence-corrected chi connectivity index (χ2v) is 14.3. The van der Waals surface area contributed by atoms with E-state index < -0.39 is 5.60 Å². The number of ether oxygens (including phenoxy) is 1. The molecule has 6 rings (SSSR count). The van der Waals surface area contributed by atoms with Crippen LogP contribution < -0.4 is 14.4 Å². The smallest absolute Gasteiger partial charge is 0.273 e. The van der Waals surface area contributed by atoms with Crippen LogP contribution in [0.4, 0.5) is 5.69 Å². The van der Waals surface area contributed by atoms with E-state index >= 15 is 0 Å². The number of anilines is 1. The van der Waals surface area contributed by atoms with E-state index in [-0.39, 0.29) is 17.7 Å². The highest BCUT2D eigenvalue weighted by Gasteiger charge is 2.37. The maximum absolute atomic E-state index is 14.0. The zero-order valence-electron chi connectivity index (χ0n) is 26.1. The van der Waals surface area contributed by atoms with Gasteiger partial charge in [0.1, 0.15) is 5.75 Å². The number of nitriles is 1. The fourth-order valence-corrected chi connectivity index (χ4v) is 7.21. The Kier molecular flexibility index (Phi) is 9.67. The van der Waals surface area contributed by atoms with Gasteiger partial charge in [0.05, 0.1) is 17.6 Å². The summed E-state index contributed by atoms with van der Waals surface area (Å²) in [6.45, 7) is 5.66. The highest BCUT2D eigenvalue weighted by atomic mass is 32.2. The van der Waals surface area contributed by atoms with Crippen molar-refractivity contribution in [1.29, 1.82) is 5.26 Å². The van der Waals surface area contributed by atoms with Crippen LogP contribution in [0.15, 0.2) is 95.2 Å². The molecule has 1 aromatic heterocycles. The third-order valence-corrected chi connectivity index (χ3v) is 10.2. The lowest BCUT2D eigenvalue weighted by Crippen LogP contribution is -2.45. The van der Waals surface area contributed by atoms with E-state index in [4.69, 9.17) is 10.00 Å². The van der Waals surface area contributed by atoms with Gasteiger partial charge in [-0.3, -0.25) is 14.3 Å². The summed E-state index contributed by atoms with van der Waals surface area (Å²) < 4.78 is 9.06. The summed E-state index contributed by atoms with van der Waals surface area (Å²) in [5, 5.41) is 11.1. The lowest BCUT2D eigenvalue weighted by atomic mass is 9.95.